The molecule has 0 spiro atoms. The first-order valence-electron chi connectivity index (χ1n) is 9.40. The molecule has 0 bridgehead atoms. The van der Waals surface area contributed by atoms with E-state index < -0.39 is 7.41 Å². The molecule has 0 radical (unpaired) electrons. The number of nitrogens with zero attached hydrogens (tertiary/aromatic N) is 3. The Morgan fingerprint density at radius 1 is 0.593 bits per heavy atom. The van der Waals surface area contributed by atoms with Crippen LogP contribution in [-0.2, 0) is 0 Å². The Morgan fingerprint density at radius 2 is 0.926 bits per heavy atom. The number of likely N-dealkylation sites (N-methyl/N-ethyl adjacent to an activating group) is 2. The van der Waals surface area contributed by atoms with Crippen molar-refractivity contribution < 1.29 is 0 Å². The molecule has 1 heterocycles. The first kappa shape index (κ1) is 17.8. The van der Waals surface area contributed by atoms with Crippen LogP contribution in [-0.4, -0.2) is 42.9 Å². The van der Waals surface area contributed by atoms with E-state index in [9.17, 15) is 0 Å². The van der Waals surface area contributed by atoms with Gasteiger partial charge in [0.25, 0.3) is 0 Å². The SMILES string of the molecule is CN1CCN(C)C1=N[PH](c1ccccc1)(c1ccccc1)c1ccccc1. The summed E-state index contributed by atoms with van der Waals surface area (Å²) in [6.07, 6.45) is 0. The maximum absolute atomic E-state index is 5.59. The summed E-state index contributed by atoms with van der Waals surface area (Å²) >= 11 is 0. The Kier molecular flexibility index (Phi) is 4.96. The average Bonchev–Trinajstić information content (AvgIpc) is 3.05. The van der Waals surface area contributed by atoms with E-state index >= 15 is 0 Å². The zero-order valence-corrected chi connectivity index (χ0v) is 16.9. The number of hydrogen-bond donors (Lipinski definition) is 0. The molecule has 0 saturated carbocycles. The second-order valence-electron chi connectivity index (χ2n) is 7.06. The molecule has 0 N–H and O–H groups in total. The summed E-state index contributed by atoms with van der Waals surface area (Å²) in [5.74, 6) is 1.08. The molecular formula is C23H26N3P. The fraction of sp³-hybridized carbons (Fsp3) is 0.174. The summed E-state index contributed by atoms with van der Waals surface area (Å²) in [5.41, 5.74) is 0. The van der Waals surface area contributed by atoms with Crippen molar-refractivity contribution in [3.8, 4) is 0 Å². The van der Waals surface area contributed by atoms with E-state index in [4.69, 9.17) is 4.76 Å². The van der Waals surface area contributed by atoms with Gasteiger partial charge in [0.1, 0.15) is 0 Å². The minimum atomic E-state index is -2.57. The average molecular weight is 375 g/mol. The van der Waals surface area contributed by atoms with Gasteiger partial charge in [0.15, 0.2) is 0 Å². The van der Waals surface area contributed by atoms with Crippen molar-refractivity contribution >= 4 is 29.3 Å². The van der Waals surface area contributed by atoms with Crippen LogP contribution in [0.2, 0.25) is 0 Å². The fourth-order valence-electron chi connectivity index (χ4n) is 3.84. The van der Waals surface area contributed by atoms with Crippen molar-refractivity contribution in [2.75, 3.05) is 27.2 Å². The van der Waals surface area contributed by atoms with Crippen molar-refractivity contribution in [1.82, 2.24) is 9.80 Å². The maximum atomic E-state index is 5.59. The number of guanidine groups is 1. The molecule has 1 saturated heterocycles. The van der Waals surface area contributed by atoms with E-state index in [-0.39, 0.29) is 0 Å². The summed E-state index contributed by atoms with van der Waals surface area (Å²) in [6, 6.07) is 32.5. The van der Waals surface area contributed by atoms with Gasteiger partial charge in [-0.1, -0.05) is 0 Å². The summed E-state index contributed by atoms with van der Waals surface area (Å²) in [5, 5.41) is 3.93. The van der Waals surface area contributed by atoms with Crippen LogP contribution in [0.5, 0.6) is 0 Å². The first-order chi connectivity index (χ1) is 13.2. The number of benzene rings is 3. The standard InChI is InChI=1S/C23H26N3P/c1-25-18-19-26(2)23(25)24-27(20-12-6-3-7-13-20,21-14-8-4-9-15-21)22-16-10-5-11-17-22/h3-17,27H,18-19H2,1-2H3. The molecule has 3 aromatic rings. The fourth-order valence-corrected chi connectivity index (χ4v) is 7.90. The van der Waals surface area contributed by atoms with Gasteiger partial charge in [-0.05, 0) is 0 Å². The van der Waals surface area contributed by atoms with Crippen LogP contribution in [0.3, 0.4) is 0 Å². The van der Waals surface area contributed by atoms with E-state index in [0.717, 1.165) is 19.0 Å². The van der Waals surface area contributed by atoms with Crippen LogP contribution < -0.4 is 15.9 Å². The normalized spacial score (nSPS) is 15.1. The molecule has 0 aromatic heterocycles. The molecule has 1 aliphatic heterocycles. The first-order valence-corrected chi connectivity index (χ1v) is 11.4. The van der Waals surface area contributed by atoms with E-state index in [1.54, 1.807) is 0 Å². The molecule has 3 nitrogen and oxygen atoms in total. The van der Waals surface area contributed by atoms with Crippen LogP contribution >= 0.6 is 7.41 Å². The second-order valence-corrected chi connectivity index (χ2v) is 10.4. The van der Waals surface area contributed by atoms with Gasteiger partial charge in [-0.25, -0.2) is 0 Å². The van der Waals surface area contributed by atoms with Gasteiger partial charge >= 0.3 is 162 Å². The van der Waals surface area contributed by atoms with E-state index in [2.05, 4.69) is 115 Å². The molecule has 4 rings (SSSR count). The summed E-state index contributed by atoms with van der Waals surface area (Å²) < 4.78 is 5.59. The Labute approximate surface area is 162 Å². The Morgan fingerprint density at radius 3 is 1.26 bits per heavy atom. The summed E-state index contributed by atoms with van der Waals surface area (Å²) in [4.78, 5) is 4.55. The van der Waals surface area contributed by atoms with Crippen LogP contribution in [0.1, 0.15) is 0 Å². The second kappa shape index (κ2) is 7.54. The third-order valence-electron chi connectivity index (χ3n) is 5.30. The molecule has 1 fully saturated rings. The molecule has 4 heteroatoms. The molecule has 0 atom stereocenters. The zero-order chi connectivity index (χ0) is 18.7. The monoisotopic (exact) mass is 375 g/mol. The van der Waals surface area contributed by atoms with Crippen molar-refractivity contribution in [1.29, 1.82) is 0 Å². The van der Waals surface area contributed by atoms with Crippen molar-refractivity contribution in [3.05, 3.63) is 91.0 Å². The van der Waals surface area contributed by atoms with Crippen LogP contribution in [0, 0.1) is 0 Å². The Bertz CT molecular complexity index is 801. The summed E-state index contributed by atoms with van der Waals surface area (Å²) in [6.45, 7) is 2.02. The molecule has 27 heavy (non-hydrogen) atoms. The predicted octanol–water partition coefficient (Wildman–Crippen LogP) is 2.86. The van der Waals surface area contributed by atoms with E-state index in [0.29, 0.717) is 0 Å². The predicted molar refractivity (Wildman–Crippen MR) is 119 cm³/mol. The Balaban J connectivity index is 2.05. The van der Waals surface area contributed by atoms with E-state index in [1.165, 1.54) is 15.9 Å². The molecule has 0 unspecified atom stereocenters. The van der Waals surface area contributed by atoms with Gasteiger partial charge in [-0.15, -0.1) is 0 Å². The van der Waals surface area contributed by atoms with Crippen LogP contribution in [0.25, 0.3) is 0 Å². The molecule has 0 aliphatic carbocycles. The summed E-state index contributed by atoms with van der Waals surface area (Å²) in [7, 11) is 1.71. The molecule has 1 aliphatic rings. The van der Waals surface area contributed by atoms with Crippen LogP contribution in [0.15, 0.2) is 95.8 Å². The number of rotatable bonds is 4. The topological polar surface area (TPSA) is 18.8 Å². The van der Waals surface area contributed by atoms with Crippen LogP contribution in [0.4, 0.5) is 0 Å². The van der Waals surface area contributed by atoms with Gasteiger partial charge in [-0.2, -0.15) is 0 Å². The van der Waals surface area contributed by atoms with E-state index in [1.807, 2.05) is 0 Å². The van der Waals surface area contributed by atoms with Gasteiger partial charge in [0.2, 0.25) is 0 Å². The van der Waals surface area contributed by atoms with Gasteiger partial charge in [0, 0.05) is 0 Å². The number of hydrogen-bond acceptors (Lipinski definition) is 1. The molecular weight excluding hydrogens is 349 g/mol. The van der Waals surface area contributed by atoms with Crippen molar-refractivity contribution in [2.45, 2.75) is 0 Å². The third-order valence-corrected chi connectivity index (χ3v) is 9.34. The van der Waals surface area contributed by atoms with Crippen molar-refractivity contribution in [2.24, 2.45) is 4.76 Å². The zero-order valence-electron chi connectivity index (χ0n) is 15.9. The van der Waals surface area contributed by atoms with Gasteiger partial charge in [0.05, 0.1) is 0 Å². The molecule has 0 amide bonds. The minimum absolute atomic E-state index is 1.01. The third kappa shape index (κ3) is 3.24. The quantitative estimate of drug-likeness (QED) is 0.653. The van der Waals surface area contributed by atoms with Crippen molar-refractivity contribution in [3.63, 3.8) is 0 Å². The molecule has 3 aromatic carbocycles. The molecule has 138 valence electrons. The Hall–Kier alpha value is -2.64. The van der Waals surface area contributed by atoms with Gasteiger partial charge < -0.3 is 0 Å². The van der Waals surface area contributed by atoms with Gasteiger partial charge in [-0.3, -0.25) is 0 Å².